The monoisotopic (exact) mass is 991 g/mol. The van der Waals surface area contributed by atoms with Gasteiger partial charge in [0.15, 0.2) is 0 Å². The average Bonchev–Trinajstić information content (AvgIpc) is 3.88. The fraction of sp³-hybridized carbons (Fsp3) is 0.273. The number of aromatic nitrogens is 4. The normalized spacial score (nSPS) is 11.1. The number of nitrogens with zero attached hydrogens (tertiary/aromatic N) is 5. The Balaban J connectivity index is 0.000000246. The van der Waals surface area contributed by atoms with Crippen LogP contribution in [0.3, 0.4) is 0 Å². The molecule has 0 aliphatic heterocycles. The van der Waals surface area contributed by atoms with E-state index in [1.807, 2.05) is 79.8 Å². The second kappa shape index (κ2) is 25.5. The van der Waals surface area contributed by atoms with E-state index in [1.165, 1.54) is 0 Å². The summed E-state index contributed by atoms with van der Waals surface area (Å²) in [6, 6.07) is 32.9. The highest BCUT2D eigenvalue weighted by Gasteiger charge is 2.19. The number of anilines is 4. The van der Waals surface area contributed by atoms with Gasteiger partial charge in [0.2, 0.25) is 11.9 Å². The van der Waals surface area contributed by atoms with E-state index >= 15 is 0 Å². The molecule has 73 heavy (non-hydrogen) atoms. The molecule has 0 aliphatic rings. The van der Waals surface area contributed by atoms with Gasteiger partial charge in [-0.3, -0.25) is 24.1 Å². The van der Waals surface area contributed by atoms with Crippen molar-refractivity contribution in [2.45, 2.75) is 59.3 Å². The maximum absolute atomic E-state index is 12.4. The van der Waals surface area contributed by atoms with Crippen LogP contribution in [0.15, 0.2) is 145 Å². The van der Waals surface area contributed by atoms with Gasteiger partial charge >= 0.3 is 11.9 Å². The highest BCUT2D eigenvalue weighted by Crippen LogP contribution is 2.24. The molecule has 4 N–H and O–H groups in total. The summed E-state index contributed by atoms with van der Waals surface area (Å²) in [6.07, 6.45) is 8.51. The van der Waals surface area contributed by atoms with Crippen LogP contribution in [0.4, 0.5) is 23.3 Å². The van der Waals surface area contributed by atoms with Gasteiger partial charge in [-0.05, 0) is 145 Å². The number of methoxy groups -OCH3 is 1. The Kier molecular flexibility index (Phi) is 18.7. The standard InChI is InChI=1S/C31H35N5O5.C24H26N4O4/c1-31(2,3)41-28(37)20-32-29(38)23-9-7-22(8-10-23)24-18-33-30(34-19-24)35-25-11-13-26(14-12-25)40-17-15-36(4)21-27-6-5-16-39-27;1-24(2,3)32-21(29)15-25-22(30)17-7-5-16(6-8-17)18-13-26-23(27-14-18)28-19-9-11-20(31-4)12-10-19/h5-14,16,18-19H,15,17,20-21H2,1-4H3,(H,32,38)(H,33,34,35);5-14H,15H2,1-4H3,(H,25,30)(H,26,27,28). The van der Waals surface area contributed by atoms with E-state index in [4.69, 9.17) is 23.4 Å². The smallest absolute Gasteiger partial charge is 0.325 e. The van der Waals surface area contributed by atoms with Crippen molar-refractivity contribution in [2.24, 2.45) is 0 Å². The van der Waals surface area contributed by atoms with Gasteiger partial charge in [-0.2, -0.15) is 0 Å². The molecule has 0 unspecified atom stereocenters. The lowest BCUT2D eigenvalue weighted by atomic mass is 10.1. The quantitative estimate of drug-likeness (QED) is 0.0555. The van der Waals surface area contributed by atoms with Crippen LogP contribution < -0.4 is 30.7 Å². The zero-order chi connectivity index (χ0) is 52.4. The highest BCUT2D eigenvalue weighted by atomic mass is 16.6. The second-order valence-corrected chi connectivity index (χ2v) is 18.5. The van der Waals surface area contributed by atoms with Crippen LogP contribution in [0, 0.1) is 0 Å². The largest absolute Gasteiger partial charge is 0.497 e. The lowest BCUT2D eigenvalue weighted by Gasteiger charge is -2.19. The average molecular weight is 992 g/mol. The fourth-order valence-electron chi connectivity index (χ4n) is 6.61. The molecule has 0 atom stereocenters. The Morgan fingerprint density at radius 1 is 0.562 bits per heavy atom. The molecule has 7 rings (SSSR count). The van der Waals surface area contributed by atoms with E-state index in [0.29, 0.717) is 29.6 Å². The molecule has 0 saturated carbocycles. The summed E-state index contributed by atoms with van der Waals surface area (Å²) in [4.78, 5) is 67.8. The number of carbonyl (C=O) groups is 4. The molecule has 0 fully saturated rings. The molecule has 4 aromatic carbocycles. The van der Waals surface area contributed by atoms with Crippen molar-refractivity contribution in [3.63, 3.8) is 0 Å². The highest BCUT2D eigenvalue weighted by molar-refractivity contribution is 5.97. The molecule has 380 valence electrons. The van der Waals surface area contributed by atoms with Crippen molar-refractivity contribution in [3.05, 3.63) is 157 Å². The van der Waals surface area contributed by atoms with Crippen molar-refractivity contribution in [1.29, 1.82) is 0 Å². The van der Waals surface area contributed by atoms with Gasteiger partial charge in [-0.15, -0.1) is 0 Å². The van der Waals surface area contributed by atoms with Crippen LogP contribution in [0.1, 0.15) is 68.0 Å². The topological polar surface area (TPSA) is 221 Å². The minimum absolute atomic E-state index is 0.186. The summed E-state index contributed by atoms with van der Waals surface area (Å²) >= 11 is 0. The summed E-state index contributed by atoms with van der Waals surface area (Å²) in [5.74, 6) is 1.73. The lowest BCUT2D eigenvalue weighted by Crippen LogP contribution is -2.34. The molecule has 0 bridgehead atoms. The van der Waals surface area contributed by atoms with Crippen molar-refractivity contribution in [1.82, 2.24) is 35.5 Å². The first-order valence-electron chi connectivity index (χ1n) is 23.3. The van der Waals surface area contributed by atoms with Crippen molar-refractivity contribution in [2.75, 3.05) is 51.0 Å². The Hall–Kier alpha value is -8.64. The molecule has 7 aromatic rings. The maximum atomic E-state index is 12.4. The molecule has 0 saturated heterocycles. The summed E-state index contributed by atoms with van der Waals surface area (Å²) in [6.45, 7) is 12.3. The zero-order valence-corrected chi connectivity index (χ0v) is 42.2. The number of benzene rings is 4. The fourth-order valence-corrected chi connectivity index (χ4v) is 6.61. The first kappa shape index (κ1) is 53.7. The number of esters is 2. The number of nitrogens with one attached hydrogen (secondary N) is 4. The number of hydrogen-bond acceptors (Lipinski definition) is 16. The number of carbonyl (C=O) groups excluding carboxylic acids is 4. The first-order chi connectivity index (χ1) is 34.9. The van der Waals surface area contributed by atoms with E-state index in [9.17, 15) is 19.2 Å². The summed E-state index contributed by atoms with van der Waals surface area (Å²) in [5.41, 5.74) is 4.70. The van der Waals surface area contributed by atoms with E-state index < -0.39 is 23.1 Å². The SMILES string of the molecule is CN(CCOc1ccc(Nc2ncc(-c3ccc(C(=O)NCC(=O)OC(C)(C)C)cc3)cn2)cc1)Cc1ccco1.COc1ccc(Nc2ncc(-c3ccc(C(=O)NCC(=O)OC(C)(C)C)cc3)cn2)cc1. The van der Waals surface area contributed by atoms with Gasteiger partial charge in [0.05, 0.1) is 19.9 Å². The van der Waals surface area contributed by atoms with Crippen LogP contribution in [0.25, 0.3) is 22.3 Å². The van der Waals surface area contributed by atoms with E-state index in [-0.39, 0.29) is 24.9 Å². The first-order valence-corrected chi connectivity index (χ1v) is 23.3. The van der Waals surface area contributed by atoms with E-state index in [2.05, 4.69) is 46.1 Å². The van der Waals surface area contributed by atoms with Crippen LogP contribution >= 0.6 is 0 Å². The zero-order valence-electron chi connectivity index (χ0n) is 42.2. The number of hydrogen-bond donors (Lipinski definition) is 4. The van der Waals surface area contributed by atoms with Gasteiger partial charge < -0.3 is 44.6 Å². The van der Waals surface area contributed by atoms with E-state index in [1.54, 1.807) is 116 Å². The molecule has 2 amide bonds. The molecule has 0 spiro atoms. The van der Waals surface area contributed by atoms with Crippen molar-refractivity contribution < 1.29 is 42.5 Å². The Morgan fingerprint density at radius 3 is 1.37 bits per heavy atom. The Labute approximate surface area is 424 Å². The van der Waals surface area contributed by atoms with Crippen LogP contribution in [0.5, 0.6) is 11.5 Å². The number of rotatable bonds is 19. The minimum Gasteiger partial charge on any atom is -0.497 e. The number of amides is 2. The van der Waals surface area contributed by atoms with Gasteiger partial charge in [0.1, 0.15) is 48.2 Å². The van der Waals surface area contributed by atoms with Gasteiger partial charge in [0.25, 0.3) is 11.8 Å². The van der Waals surface area contributed by atoms with Gasteiger partial charge in [-0.1, -0.05) is 24.3 Å². The second-order valence-electron chi connectivity index (χ2n) is 18.5. The summed E-state index contributed by atoms with van der Waals surface area (Å²) in [7, 11) is 3.64. The van der Waals surface area contributed by atoms with Gasteiger partial charge in [-0.25, -0.2) is 19.9 Å². The lowest BCUT2D eigenvalue weighted by molar-refractivity contribution is -0.154. The van der Waals surface area contributed by atoms with Crippen LogP contribution in [-0.4, -0.2) is 100 Å². The molecule has 0 radical (unpaired) electrons. The minimum atomic E-state index is -0.602. The molecule has 18 nitrogen and oxygen atoms in total. The molecule has 18 heteroatoms. The third kappa shape index (κ3) is 18.2. The van der Waals surface area contributed by atoms with Crippen LogP contribution in [-0.2, 0) is 25.6 Å². The van der Waals surface area contributed by atoms with Crippen molar-refractivity contribution >= 4 is 47.0 Å². The summed E-state index contributed by atoms with van der Waals surface area (Å²) in [5, 5.41) is 11.5. The summed E-state index contributed by atoms with van der Waals surface area (Å²) < 4.78 is 26.8. The molecule has 3 heterocycles. The van der Waals surface area contributed by atoms with Crippen molar-refractivity contribution in [3.8, 4) is 33.8 Å². The Bertz CT molecular complexity index is 2850. The molecular weight excluding hydrogens is 931 g/mol. The molecular formula is C55H61N9O9. The third-order valence-electron chi connectivity index (χ3n) is 10.1. The number of ether oxygens (including phenoxy) is 4. The number of furan rings is 1. The molecule has 3 aromatic heterocycles. The maximum Gasteiger partial charge on any atom is 0.325 e. The van der Waals surface area contributed by atoms with Gasteiger partial charge in [0, 0.05) is 65.0 Å². The van der Waals surface area contributed by atoms with E-state index in [0.717, 1.165) is 64.0 Å². The third-order valence-corrected chi connectivity index (χ3v) is 10.1. The number of likely N-dealkylation sites (N-methyl/N-ethyl adjacent to an activating group) is 1. The predicted molar refractivity (Wildman–Crippen MR) is 278 cm³/mol. The molecule has 0 aliphatic carbocycles. The van der Waals surface area contributed by atoms with Crippen LogP contribution in [0.2, 0.25) is 0 Å². The predicted octanol–water partition coefficient (Wildman–Crippen LogP) is 9.03. The Morgan fingerprint density at radius 2 is 0.986 bits per heavy atom.